The molecule has 6 nitrogen and oxygen atoms in total. The van der Waals surface area contributed by atoms with Gasteiger partial charge in [0.05, 0.1) is 23.5 Å². The quantitative estimate of drug-likeness (QED) is 0.536. The SMILES string of the molecule is COc1ccccc1-c1[nH]n2c(=O)cc(CSc3ccccn3)nc2c1C. The summed E-state index contributed by atoms with van der Waals surface area (Å²) < 4.78 is 6.93. The van der Waals surface area contributed by atoms with Crippen LogP contribution in [0.4, 0.5) is 0 Å². The number of methoxy groups -OCH3 is 1. The van der Waals surface area contributed by atoms with Gasteiger partial charge in [0.1, 0.15) is 5.75 Å². The fraction of sp³-hybridized carbons (Fsp3) is 0.150. The molecule has 1 N–H and O–H groups in total. The summed E-state index contributed by atoms with van der Waals surface area (Å²) in [5.74, 6) is 1.32. The molecule has 0 bridgehead atoms. The minimum absolute atomic E-state index is 0.138. The highest BCUT2D eigenvalue weighted by Crippen LogP contribution is 2.32. The average molecular weight is 378 g/mol. The van der Waals surface area contributed by atoms with Crippen LogP contribution in [0.1, 0.15) is 11.3 Å². The molecular formula is C20H18N4O2S. The van der Waals surface area contributed by atoms with Gasteiger partial charge in [-0.1, -0.05) is 18.2 Å². The van der Waals surface area contributed by atoms with Gasteiger partial charge in [0.25, 0.3) is 5.56 Å². The largest absolute Gasteiger partial charge is 0.496 e. The molecule has 0 amide bonds. The summed E-state index contributed by atoms with van der Waals surface area (Å²) >= 11 is 1.55. The maximum absolute atomic E-state index is 12.6. The van der Waals surface area contributed by atoms with E-state index in [1.807, 2.05) is 49.4 Å². The van der Waals surface area contributed by atoms with Crippen LogP contribution < -0.4 is 10.3 Å². The van der Waals surface area contributed by atoms with Gasteiger partial charge in [-0.2, -0.15) is 0 Å². The van der Waals surface area contributed by atoms with Crippen LogP contribution in [0.2, 0.25) is 0 Å². The molecule has 27 heavy (non-hydrogen) atoms. The van der Waals surface area contributed by atoms with Crippen LogP contribution in [0, 0.1) is 6.92 Å². The van der Waals surface area contributed by atoms with Crippen LogP contribution in [0.15, 0.2) is 64.5 Å². The molecule has 0 unspecified atom stereocenters. The van der Waals surface area contributed by atoms with Crippen molar-refractivity contribution in [3.05, 3.63) is 76.3 Å². The van der Waals surface area contributed by atoms with Gasteiger partial charge in [-0.15, -0.1) is 11.8 Å². The second-order valence-corrected chi connectivity index (χ2v) is 7.01. The van der Waals surface area contributed by atoms with Crippen molar-refractivity contribution in [3.8, 4) is 17.0 Å². The van der Waals surface area contributed by atoms with E-state index in [0.717, 1.165) is 33.3 Å². The molecule has 0 aliphatic rings. The van der Waals surface area contributed by atoms with Crippen LogP contribution in [0.25, 0.3) is 16.9 Å². The topological polar surface area (TPSA) is 72.3 Å². The first-order valence-corrected chi connectivity index (χ1v) is 9.44. The molecule has 0 spiro atoms. The van der Waals surface area contributed by atoms with Crippen LogP contribution in [-0.4, -0.2) is 26.7 Å². The normalized spacial score (nSPS) is 11.0. The molecule has 0 saturated heterocycles. The minimum Gasteiger partial charge on any atom is -0.496 e. The second-order valence-electron chi connectivity index (χ2n) is 6.01. The Hall–Kier alpha value is -3.06. The first-order chi connectivity index (χ1) is 13.2. The molecule has 7 heteroatoms. The number of para-hydroxylation sites is 1. The van der Waals surface area contributed by atoms with E-state index >= 15 is 0 Å². The molecule has 0 atom stereocenters. The highest BCUT2D eigenvalue weighted by atomic mass is 32.2. The van der Waals surface area contributed by atoms with Crippen molar-refractivity contribution in [1.82, 2.24) is 19.6 Å². The fourth-order valence-corrected chi connectivity index (χ4v) is 3.72. The minimum atomic E-state index is -0.138. The lowest BCUT2D eigenvalue weighted by molar-refractivity contribution is 0.416. The van der Waals surface area contributed by atoms with Gasteiger partial charge in [0.2, 0.25) is 0 Å². The van der Waals surface area contributed by atoms with Crippen molar-refractivity contribution in [2.45, 2.75) is 17.7 Å². The number of aryl methyl sites for hydroxylation is 1. The van der Waals surface area contributed by atoms with E-state index in [9.17, 15) is 4.79 Å². The Morgan fingerprint density at radius 3 is 2.78 bits per heavy atom. The number of rotatable bonds is 5. The number of pyridine rings is 1. The van der Waals surface area contributed by atoms with E-state index in [2.05, 4.69) is 10.1 Å². The van der Waals surface area contributed by atoms with Gasteiger partial charge in [-0.3, -0.25) is 9.89 Å². The average Bonchev–Trinajstić information content (AvgIpc) is 3.04. The van der Waals surface area contributed by atoms with E-state index < -0.39 is 0 Å². The van der Waals surface area contributed by atoms with E-state index in [1.54, 1.807) is 31.1 Å². The van der Waals surface area contributed by atoms with Crippen molar-refractivity contribution in [2.24, 2.45) is 0 Å². The summed E-state index contributed by atoms with van der Waals surface area (Å²) in [7, 11) is 1.63. The number of hydrogen-bond donors (Lipinski definition) is 1. The zero-order valence-corrected chi connectivity index (χ0v) is 15.8. The number of fused-ring (bicyclic) bond motifs is 1. The summed E-state index contributed by atoms with van der Waals surface area (Å²) in [5, 5.41) is 4.07. The predicted octanol–water partition coefficient (Wildman–Crippen LogP) is 3.69. The molecule has 3 aromatic heterocycles. The summed E-state index contributed by atoms with van der Waals surface area (Å²) in [6.07, 6.45) is 1.75. The van der Waals surface area contributed by atoms with Crippen molar-refractivity contribution >= 4 is 17.4 Å². The Balaban J connectivity index is 1.74. The number of ether oxygens (including phenoxy) is 1. The van der Waals surface area contributed by atoms with Crippen molar-refractivity contribution in [2.75, 3.05) is 7.11 Å². The number of benzene rings is 1. The number of thioether (sulfide) groups is 1. The van der Waals surface area contributed by atoms with Crippen molar-refractivity contribution in [3.63, 3.8) is 0 Å². The lowest BCUT2D eigenvalue weighted by Crippen LogP contribution is -2.15. The molecule has 0 aliphatic heterocycles. The molecule has 0 radical (unpaired) electrons. The number of nitrogens with one attached hydrogen (secondary N) is 1. The number of H-pyrrole nitrogens is 1. The molecule has 3 heterocycles. The van der Waals surface area contributed by atoms with E-state index in [1.165, 1.54) is 4.52 Å². The van der Waals surface area contributed by atoms with Crippen LogP contribution in [-0.2, 0) is 5.75 Å². The zero-order valence-electron chi connectivity index (χ0n) is 15.0. The first kappa shape index (κ1) is 17.4. The third kappa shape index (κ3) is 3.33. The molecule has 1 aromatic carbocycles. The summed E-state index contributed by atoms with van der Waals surface area (Å²) in [6.45, 7) is 1.95. The Morgan fingerprint density at radius 1 is 1.19 bits per heavy atom. The lowest BCUT2D eigenvalue weighted by atomic mass is 10.1. The highest BCUT2D eigenvalue weighted by Gasteiger charge is 2.16. The third-order valence-corrected chi connectivity index (χ3v) is 5.27. The molecule has 0 fully saturated rings. The highest BCUT2D eigenvalue weighted by molar-refractivity contribution is 7.98. The maximum Gasteiger partial charge on any atom is 0.272 e. The van der Waals surface area contributed by atoms with E-state index in [4.69, 9.17) is 9.72 Å². The van der Waals surface area contributed by atoms with Gasteiger partial charge in [0, 0.05) is 29.1 Å². The molecular weight excluding hydrogens is 360 g/mol. The summed E-state index contributed by atoms with van der Waals surface area (Å²) in [6, 6.07) is 15.0. The zero-order chi connectivity index (χ0) is 18.8. The lowest BCUT2D eigenvalue weighted by Gasteiger charge is -2.06. The van der Waals surface area contributed by atoms with Gasteiger partial charge in [-0.05, 0) is 31.2 Å². The maximum atomic E-state index is 12.6. The number of nitrogens with zero attached hydrogens (tertiary/aromatic N) is 3. The monoisotopic (exact) mass is 378 g/mol. The Labute approximate surface area is 160 Å². The molecule has 136 valence electrons. The van der Waals surface area contributed by atoms with Gasteiger partial charge < -0.3 is 4.74 Å². The van der Waals surface area contributed by atoms with Crippen molar-refractivity contribution < 1.29 is 4.74 Å². The van der Waals surface area contributed by atoms with Crippen LogP contribution in [0.3, 0.4) is 0 Å². The number of hydrogen-bond acceptors (Lipinski definition) is 5. The Bertz CT molecular complexity index is 1150. The molecule has 4 rings (SSSR count). The first-order valence-electron chi connectivity index (χ1n) is 8.46. The molecule has 4 aromatic rings. The van der Waals surface area contributed by atoms with Crippen molar-refractivity contribution in [1.29, 1.82) is 0 Å². The summed E-state index contributed by atoms with van der Waals surface area (Å²) in [5.41, 5.74) is 3.84. The van der Waals surface area contributed by atoms with Crippen LogP contribution >= 0.6 is 11.8 Å². The third-order valence-electron chi connectivity index (χ3n) is 4.29. The predicted molar refractivity (Wildman–Crippen MR) is 106 cm³/mol. The van der Waals surface area contributed by atoms with Gasteiger partial charge >= 0.3 is 0 Å². The van der Waals surface area contributed by atoms with E-state index in [-0.39, 0.29) is 5.56 Å². The Kier molecular flexibility index (Phi) is 4.68. The summed E-state index contributed by atoms with van der Waals surface area (Å²) in [4.78, 5) is 21.6. The number of aromatic amines is 1. The fourth-order valence-electron chi connectivity index (χ4n) is 2.96. The van der Waals surface area contributed by atoms with Gasteiger partial charge in [0.15, 0.2) is 5.65 Å². The van der Waals surface area contributed by atoms with E-state index in [0.29, 0.717) is 11.4 Å². The number of aromatic nitrogens is 4. The van der Waals surface area contributed by atoms with Gasteiger partial charge in [-0.25, -0.2) is 14.5 Å². The molecule has 0 aliphatic carbocycles. The standard InChI is InChI=1S/C20H18N4O2S/c1-13-19(15-7-3-4-8-16(15)26-2)23-24-18(25)11-14(22-20(13)24)12-27-17-9-5-6-10-21-17/h3-11,23H,12H2,1-2H3. The Morgan fingerprint density at radius 2 is 2.00 bits per heavy atom. The second kappa shape index (κ2) is 7.28. The van der Waals surface area contributed by atoms with Crippen LogP contribution in [0.5, 0.6) is 5.75 Å². The molecule has 0 saturated carbocycles. The smallest absolute Gasteiger partial charge is 0.272 e.